The molecule has 1 atom stereocenters. The Morgan fingerprint density at radius 3 is 2.35 bits per heavy atom. The topological polar surface area (TPSA) is 32.8 Å². The Bertz CT molecular complexity index is 437. The van der Waals surface area contributed by atoms with Crippen LogP contribution in [0.1, 0.15) is 51.4 Å². The van der Waals surface area contributed by atoms with E-state index in [1.807, 2.05) is 7.11 Å². The lowest BCUT2D eigenvalue weighted by Crippen LogP contribution is -2.49. The summed E-state index contributed by atoms with van der Waals surface area (Å²) in [4.78, 5) is 17.4. The van der Waals surface area contributed by atoms with Crippen LogP contribution in [0.3, 0.4) is 0 Å². The first kappa shape index (κ1) is 15.9. The van der Waals surface area contributed by atoms with Gasteiger partial charge >= 0.3 is 0 Å². The highest BCUT2D eigenvalue weighted by Crippen LogP contribution is 2.47. The molecule has 0 aromatic heterocycles. The zero-order chi connectivity index (χ0) is 15.9. The standard InChI is InChI=1S/C19H32N2O2/c1-23-13-16-12-21(17-6-3-7-17)14-19(16)8-10-20(11-9-19)18(22)15-4-2-5-15/h15-17H,2-14H2,1H3. The average Bonchev–Trinajstić information content (AvgIpc) is 2.74. The smallest absolute Gasteiger partial charge is 0.225 e. The minimum atomic E-state index is 0.355. The molecule has 2 aliphatic heterocycles. The van der Waals surface area contributed by atoms with Crippen LogP contribution in [-0.2, 0) is 9.53 Å². The normalized spacial score (nSPS) is 32.0. The Morgan fingerprint density at radius 2 is 1.83 bits per heavy atom. The first-order chi connectivity index (χ1) is 11.2. The van der Waals surface area contributed by atoms with Gasteiger partial charge in [-0.25, -0.2) is 0 Å². The van der Waals surface area contributed by atoms with Crippen LogP contribution in [0, 0.1) is 17.3 Å². The summed E-state index contributed by atoms with van der Waals surface area (Å²) in [5.41, 5.74) is 0.405. The first-order valence-electron chi connectivity index (χ1n) is 9.74. The number of nitrogens with zero attached hydrogens (tertiary/aromatic N) is 2. The van der Waals surface area contributed by atoms with Gasteiger partial charge in [-0.05, 0) is 43.9 Å². The van der Waals surface area contributed by atoms with Crippen LogP contribution >= 0.6 is 0 Å². The summed E-state index contributed by atoms with van der Waals surface area (Å²) in [6, 6.07) is 0.836. The summed E-state index contributed by atoms with van der Waals surface area (Å²) in [6.07, 6.45) is 10.1. The van der Waals surface area contributed by atoms with E-state index in [2.05, 4.69) is 9.80 Å². The van der Waals surface area contributed by atoms with Gasteiger partial charge in [-0.1, -0.05) is 12.8 Å². The van der Waals surface area contributed by atoms with Gasteiger partial charge in [0.05, 0.1) is 6.61 Å². The maximum absolute atomic E-state index is 12.5. The third kappa shape index (κ3) is 2.82. The molecule has 130 valence electrons. The lowest BCUT2D eigenvalue weighted by atomic mass is 9.70. The number of piperidine rings is 1. The molecule has 2 aliphatic carbocycles. The molecule has 0 radical (unpaired) electrons. The van der Waals surface area contributed by atoms with Gasteiger partial charge in [0.15, 0.2) is 0 Å². The fourth-order valence-electron chi connectivity index (χ4n) is 5.19. The van der Waals surface area contributed by atoms with Crippen molar-refractivity contribution >= 4 is 5.91 Å². The zero-order valence-corrected chi connectivity index (χ0v) is 14.6. The molecule has 2 saturated carbocycles. The number of amides is 1. The molecule has 4 heteroatoms. The third-order valence-electron chi connectivity index (χ3n) is 7.32. The Morgan fingerprint density at radius 1 is 1.13 bits per heavy atom. The van der Waals surface area contributed by atoms with E-state index >= 15 is 0 Å². The number of likely N-dealkylation sites (tertiary alicyclic amines) is 2. The highest BCUT2D eigenvalue weighted by Gasteiger charge is 2.50. The van der Waals surface area contributed by atoms with E-state index in [1.54, 1.807) is 0 Å². The largest absolute Gasteiger partial charge is 0.384 e. The molecule has 0 aromatic carbocycles. The molecular weight excluding hydrogens is 288 g/mol. The van der Waals surface area contributed by atoms with Crippen molar-refractivity contribution in [3.63, 3.8) is 0 Å². The summed E-state index contributed by atoms with van der Waals surface area (Å²) >= 11 is 0. The second-order valence-electron chi connectivity index (χ2n) is 8.48. The Kier molecular flexibility index (Phi) is 4.39. The maximum atomic E-state index is 12.5. The minimum absolute atomic E-state index is 0.355. The molecule has 4 aliphatic rings. The van der Waals surface area contributed by atoms with Crippen molar-refractivity contribution < 1.29 is 9.53 Å². The number of hydrogen-bond acceptors (Lipinski definition) is 3. The summed E-state index contributed by atoms with van der Waals surface area (Å²) in [5, 5.41) is 0. The van der Waals surface area contributed by atoms with Crippen molar-refractivity contribution in [2.24, 2.45) is 17.3 Å². The molecule has 4 nitrogen and oxygen atoms in total. The highest BCUT2D eigenvalue weighted by atomic mass is 16.5. The Hall–Kier alpha value is -0.610. The van der Waals surface area contributed by atoms with Crippen molar-refractivity contribution in [3.05, 3.63) is 0 Å². The fraction of sp³-hybridized carbons (Fsp3) is 0.947. The summed E-state index contributed by atoms with van der Waals surface area (Å²) < 4.78 is 5.56. The lowest BCUT2D eigenvalue weighted by Gasteiger charge is -2.44. The molecule has 2 heterocycles. The number of carbonyl (C=O) groups is 1. The maximum Gasteiger partial charge on any atom is 0.225 e. The molecule has 4 fully saturated rings. The van der Waals surface area contributed by atoms with Crippen molar-refractivity contribution in [1.29, 1.82) is 0 Å². The molecule has 0 aromatic rings. The second kappa shape index (κ2) is 6.36. The van der Waals surface area contributed by atoms with Crippen molar-refractivity contribution in [3.8, 4) is 0 Å². The van der Waals surface area contributed by atoms with Crippen LogP contribution in [0.5, 0.6) is 0 Å². The van der Waals surface area contributed by atoms with Crippen LogP contribution in [0.15, 0.2) is 0 Å². The predicted octanol–water partition coefficient (Wildman–Crippen LogP) is 2.53. The van der Waals surface area contributed by atoms with Crippen LogP contribution in [0.2, 0.25) is 0 Å². The number of carbonyl (C=O) groups excluding carboxylic acids is 1. The van der Waals surface area contributed by atoms with Crippen LogP contribution in [-0.4, -0.2) is 61.6 Å². The van der Waals surface area contributed by atoms with E-state index in [0.717, 1.165) is 38.6 Å². The van der Waals surface area contributed by atoms with E-state index in [-0.39, 0.29) is 0 Å². The molecule has 1 spiro atoms. The molecule has 0 bridgehead atoms. The number of hydrogen-bond donors (Lipinski definition) is 0. The van der Waals surface area contributed by atoms with Crippen molar-refractivity contribution in [1.82, 2.24) is 9.80 Å². The van der Waals surface area contributed by atoms with Gasteiger partial charge in [-0.2, -0.15) is 0 Å². The monoisotopic (exact) mass is 320 g/mol. The van der Waals surface area contributed by atoms with Gasteiger partial charge < -0.3 is 9.64 Å². The lowest BCUT2D eigenvalue weighted by molar-refractivity contribution is -0.141. The van der Waals surface area contributed by atoms with Gasteiger partial charge in [-0.3, -0.25) is 9.69 Å². The number of methoxy groups -OCH3 is 1. The van der Waals surface area contributed by atoms with Gasteiger partial charge in [0.25, 0.3) is 0 Å². The second-order valence-corrected chi connectivity index (χ2v) is 8.48. The van der Waals surface area contributed by atoms with E-state index in [4.69, 9.17) is 4.74 Å². The van der Waals surface area contributed by atoms with Gasteiger partial charge in [0.2, 0.25) is 5.91 Å². The number of ether oxygens (including phenoxy) is 1. The van der Waals surface area contributed by atoms with Gasteiger partial charge in [-0.15, -0.1) is 0 Å². The molecule has 1 amide bonds. The van der Waals surface area contributed by atoms with Crippen molar-refractivity contribution in [2.75, 3.05) is 39.9 Å². The van der Waals surface area contributed by atoms with Crippen LogP contribution in [0.4, 0.5) is 0 Å². The SMILES string of the molecule is COCC1CN(C2CCC2)CC12CCN(C(=O)C1CCC1)CC2. The summed E-state index contributed by atoms with van der Waals surface area (Å²) in [5.74, 6) is 1.46. The molecule has 0 N–H and O–H groups in total. The van der Waals surface area contributed by atoms with E-state index in [1.165, 1.54) is 51.6 Å². The average molecular weight is 320 g/mol. The van der Waals surface area contributed by atoms with Gasteiger partial charge in [0, 0.05) is 51.2 Å². The molecular formula is C19H32N2O2. The molecule has 23 heavy (non-hydrogen) atoms. The zero-order valence-electron chi connectivity index (χ0n) is 14.6. The fourth-order valence-corrected chi connectivity index (χ4v) is 5.19. The van der Waals surface area contributed by atoms with E-state index in [0.29, 0.717) is 23.2 Å². The first-order valence-corrected chi connectivity index (χ1v) is 9.74. The summed E-state index contributed by atoms with van der Waals surface area (Å²) in [7, 11) is 1.84. The minimum Gasteiger partial charge on any atom is -0.384 e. The van der Waals surface area contributed by atoms with Gasteiger partial charge in [0.1, 0.15) is 0 Å². The van der Waals surface area contributed by atoms with E-state index in [9.17, 15) is 4.79 Å². The quantitative estimate of drug-likeness (QED) is 0.798. The van der Waals surface area contributed by atoms with E-state index < -0.39 is 0 Å². The predicted molar refractivity (Wildman–Crippen MR) is 90.2 cm³/mol. The molecule has 1 unspecified atom stereocenters. The molecule has 2 saturated heterocycles. The Labute approximate surface area is 140 Å². The molecule has 4 rings (SSSR count). The number of rotatable bonds is 4. The highest BCUT2D eigenvalue weighted by molar-refractivity contribution is 5.79. The van der Waals surface area contributed by atoms with Crippen molar-refractivity contribution in [2.45, 2.75) is 57.4 Å². The van der Waals surface area contributed by atoms with Crippen LogP contribution < -0.4 is 0 Å². The third-order valence-corrected chi connectivity index (χ3v) is 7.32. The van der Waals surface area contributed by atoms with Crippen LogP contribution in [0.25, 0.3) is 0 Å². The Balaban J connectivity index is 1.39. The summed E-state index contributed by atoms with van der Waals surface area (Å²) in [6.45, 7) is 5.31.